The fraction of sp³-hybridized carbons (Fsp3) is 0.421. The number of nitrogens with two attached hydrogens (primary N) is 1. The Kier molecular flexibility index (Phi) is 9.93. The van der Waals surface area contributed by atoms with Crippen molar-refractivity contribution < 1.29 is 0 Å². The zero-order chi connectivity index (χ0) is 18.8. The average molecular weight is 475 g/mol. The number of anilines is 1. The predicted molar refractivity (Wildman–Crippen MR) is 122 cm³/mol. The quantitative estimate of drug-likeness (QED) is 0.391. The second-order valence-corrected chi connectivity index (χ2v) is 8.96. The molecule has 0 bridgehead atoms. The van der Waals surface area contributed by atoms with Gasteiger partial charge < -0.3 is 11.1 Å². The van der Waals surface area contributed by atoms with Crippen LogP contribution in [0.15, 0.2) is 33.4 Å². The first-order valence-corrected chi connectivity index (χ1v) is 11.7. The largest absolute Gasteiger partial charge is 0.379 e. The highest BCUT2D eigenvalue weighted by atomic mass is 79.9. The van der Waals surface area contributed by atoms with Gasteiger partial charge in [-0.1, -0.05) is 56.2 Å². The Labute approximate surface area is 177 Å². The summed E-state index contributed by atoms with van der Waals surface area (Å²) in [6.07, 6.45) is 9.00. The Balaban J connectivity index is 0.000000256. The van der Waals surface area contributed by atoms with Crippen LogP contribution < -0.4 is 11.1 Å². The van der Waals surface area contributed by atoms with E-state index < -0.39 is 0 Å². The first kappa shape index (κ1) is 21.6. The number of hydrogen-bond donors (Lipinski definition) is 2. The van der Waals surface area contributed by atoms with Crippen LogP contribution >= 0.6 is 50.2 Å². The highest BCUT2D eigenvalue weighted by Gasteiger charge is 2.10. The van der Waals surface area contributed by atoms with Gasteiger partial charge in [-0.2, -0.15) is 0 Å². The molecule has 0 radical (unpaired) electrons. The monoisotopic (exact) mass is 473 g/mol. The van der Waals surface area contributed by atoms with E-state index in [2.05, 4.69) is 49.5 Å². The molecule has 0 saturated heterocycles. The summed E-state index contributed by atoms with van der Waals surface area (Å²) in [7, 11) is 1.50. The molecule has 3 aromatic rings. The van der Waals surface area contributed by atoms with Crippen LogP contribution in [0.3, 0.4) is 0 Å². The van der Waals surface area contributed by atoms with Gasteiger partial charge in [0.05, 0.1) is 20.4 Å². The molecule has 1 fully saturated rings. The van der Waals surface area contributed by atoms with Crippen LogP contribution in [-0.2, 0) is 6.54 Å². The minimum Gasteiger partial charge on any atom is -0.379 e. The number of hydrogen-bond acceptors (Lipinski definition) is 5. The van der Waals surface area contributed by atoms with E-state index >= 15 is 0 Å². The van der Waals surface area contributed by atoms with Crippen molar-refractivity contribution in [2.24, 2.45) is 5.73 Å². The van der Waals surface area contributed by atoms with Crippen molar-refractivity contribution in [1.82, 2.24) is 4.98 Å². The summed E-state index contributed by atoms with van der Waals surface area (Å²) in [5.74, 6) is 0. The number of nitrogens with zero attached hydrogens (tertiary/aromatic N) is 1. The van der Waals surface area contributed by atoms with Crippen molar-refractivity contribution in [3.63, 3.8) is 0 Å². The molecule has 3 N–H and O–H groups in total. The maximum Gasteiger partial charge on any atom is 0.131 e. The van der Waals surface area contributed by atoms with Crippen LogP contribution in [0.2, 0.25) is 5.15 Å². The van der Waals surface area contributed by atoms with Gasteiger partial charge in [-0.15, -0.1) is 22.7 Å². The molecule has 26 heavy (non-hydrogen) atoms. The van der Waals surface area contributed by atoms with Gasteiger partial charge in [0.1, 0.15) is 5.15 Å². The predicted octanol–water partition coefficient (Wildman–Crippen LogP) is 7.30. The average Bonchev–Trinajstić information content (AvgIpc) is 3.34. The van der Waals surface area contributed by atoms with Crippen molar-refractivity contribution in [1.29, 1.82) is 0 Å². The second kappa shape index (κ2) is 11.9. The second-order valence-electron chi connectivity index (χ2n) is 5.81. The van der Waals surface area contributed by atoms with Gasteiger partial charge >= 0.3 is 0 Å². The Bertz CT molecular complexity index is 759. The maximum absolute atomic E-state index is 6.05. The molecule has 3 aromatic heterocycles. The summed E-state index contributed by atoms with van der Waals surface area (Å²) >= 11 is 12.9. The van der Waals surface area contributed by atoms with E-state index in [0.29, 0.717) is 5.15 Å². The number of nitrogens with one attached hydrogen (secondary N) is 1. The molecule has 1 aliphatic rings. The molecule has 1 saturated carbocycles. The van der Waals surface area contributed by atoms with Crippen molar-refractivity contribution in [2.45, 2.75) is 45.1 Å². The molecule has 0 unspecified atom stereocenters. The molecule has 0 amide bonds. The lowest BCUT2D eigenvalue weighted by molar-refractivity contribution is 0.504. The van der Waals surface area contributed by atoms with Gasteiger partial charge in [-0.25, -0.2) is 4.98 Å². The first-order chi connectivity index (χ1) is 12.7. The van der Waals surface area contributed by atoms with E-state index in [1.165, 1.54) is 50.4 Å². The van der Waals surface area contributed by atoms with Crippen LogP contribution in [0.4, 0.5) is 5.69 Å². The van der Waals surface area contributed by atoms with Crippen LogP contribution in [0, 0.1) is 0 Å². The molecule has 0 aliphatic heterocycles. The van der Waals surface area contributed by atoms with Gasteiger partial charge in [0.2, 0.25) is 0 Å². The molecule has 142 valence electrons. The Morgan fingerprint density at radius 1 is 1.15 bits per heavy atom. The third-order valence-electron chi connectivity index (χ3n) is 3.98. The Hall–Kier alpha value is -0.660. The number of rotatable bonds is 3. The number of pyridine rings is 1. The normalized spacial score (nSPS) is 13.4. The highest BCUT2D eigenvalue weighted by molar-refractivity contribution is 9.10. The van der Waals surface area contributed by atoms with E-state index in [9.17, 15) is 0 Å². The van der Waals surface area contributed by atoms with Gasteiger partial charge in [-0.3, -0.25) is 0 Å². The SMILES string of the molecule is C1CCCCC1.CN.Clc1cc(NCc2cccs2)c2scc(Br)c2n1. The van der Waals surface area contributed by atoms with Crippen molar-refractivity contribution in [3.05, 3.63) is 43.5 Å². The molecule has 3 heterocycles. The molecule has 7 heteroatoms. The molecule has 0 spiro atoms. The molecule has 3 nitrogen and oxygen atoms in total. The van der Waals surface area contributed by atoms with E-state index in [1.807, 2.05) is 11.4 Å². The van der Waals surface area contributed by atoms with Crippen molar-refractivity contribution in [2.75, 3.05) is 12.4 Å². The fourth-order valence-electron chi connectivity index (χ4n) is 2.74. The molecular weight excluding hydrogens is 450 g/mol. The lowest BCUT2D eigenvalue weighted by Gasteiger charge is -2.06. The Morgan fingerprint density at radius 2 is 1.81 bits per heavy atom. The summed E-state index contributed by atoms with van der Waals surface area (Å²) in [6.45, 7) is 0.808. The number of halogens is 2. The summed E-state index contributed by atoms with van der Waals surface area (Å²) in [5.41, 5.74) is 6.45. The minimum absolute atomic E-state index is 0.510. The topological polar surface area (TPSA) is 50.9 Å². The molecule has 4 rings (SSSR count). The lowest BCUT2D eigenvalue weighted by atomic mass is 10.0. The van der Waals surface area contributed by atoms with E-state index in [0.717, 1.165) is 26.9 Å². The zero-order valence-electron chi connectivity index (χ0n) is 14.9. The zero-order valence-corrected chi connectivity index (χ0v) is 18.9. The number of thiophene rings is 2. The standard InChI is InChI=1S/C12H8BrClN2S2.C6H12.CH5N/c13-8-6-18-12-9(4-10(14)16-11(8)12)15-5-7-2-1-3-17-7;1-2-4-6-5-3-1;1-2/h1-4,6H,5H2,(H,15,16);1-6H2;2H2,1H3. The fourth-order valence-corrected chi connectivity index (χ4v) is 5.13. The Morgan fingerprint density at radius 3 is 2.38 bits per heavy atom. The maximum atomic E-state index is 6.05. The molecule has 0 aromatic carbocycles. The van der Waals surface area contributed by atoms with Gasteiger partial charge in [0.25, 0.3) is 0 Å². The van der Waals surface area contributed by atoms with Crippen molar-refractivity contribution >= 4 is 66.1 Å². The third-order valence-corrected chi connectivity index (χ3v) is 6.96. The lowest BCUT2D eigenvalue weighted by Crippen LogP contribution is -1.98. The number of fused-ring (bicyclic) bond motifs is 1. The van der Waals surface area contributed by atoms with E-state index in [-0.39, 0.29) is 0 Å². The number of aromatic nitrogens is 1. The molecule has 1 aliphatic carbocycles. The minimum atomic E-state index is 0.510. The highest BCUT2D eigenvalue weighted by Crippen LogP contribution is 2.35. The van der Waals surface area contributed by atoms with Crippen LogP contribution in [0.5, 0.6) is 0 Å². The van der Waals surface area contributed by atoms with Crippen LogP contribution in [0.1, 0.15) is 43.4 Å². The van der Waals surface area contributed by atoms with E-state index in [1.54, 1.807) is 22.7 Å². The molecular formula is C19H25BrClN3S2. The van der Waals surface area contributed by atoms with Crippen molar-refractivity contribution in [3.8, 4) is 0 Å². The third kappa shape index (κ3) is 6.50. The summed E-state index contributed by atoms with van der Waals surface area (Å²) in [4.78, 5) is 5.63. The summed E-state index contributed by atoms with van der Waals surface area (Å²) in [5, 5.41) is 8.04. The van der Waals surface area contributed by atoms with Crippen LogP contribution in [0.25, 0.3) is 10.2 Å². The smallest absolute Gasteiger partial charge is 0.131 e. The summed E-state index contributed by atoms with van der Waals surface area (Å²) in [6, 6.07) is 6.04. The first-order valence-electron chi connectivity index (χ1n) is 8.81. The van der Waals surface area contributed by atoms with Gasteiger partial charge in [0.15, 0.2) is 0 Å². The van der Waals surface area contributed by atoms with E-state index in [4.69, 9.17) is 11.6 Å². The molecule has 0 atom stereocenters. The van der Waals surface area contributed by atoms with Gasteiger partial charge in [-0.05, 0) is 34.4 Å². The summed E-state index contributed by atoms with van der Waals surface area (Å²) < 4.78 is 2.12. The van der Waals surface area contributed by atoms with Crippen LogP contribution in [-0.4, -0.2) is 12.0 Å². The van der Waals surface area contributed by atoms with Gasteiger partial charge in [0, 0.05) is 22.9 Å².